The Morgan fingerprint density at radius 3 is 2.66 bits per heavy atom. The highest BCUT2D eigenvalue weighted by molar-refractivity contribution is 5.91. The van der Waals surface area contributed by atoms with Crippen LogP contribution in [0.2, 0.25) is 0 Å². The SMILES string of the molecule is Cc1cc2ccccc2n1CCNC(=O)/C=C/c1ccc(OCCN(C)C)cc1. The monoisotopic (exact) mass is 391 g/mol. The van der Waals surface area contributed by atoms with E-state index in [0.717, 1.165) is 24.4 Å². The Labute approximate surface area is 172 Å². The first-order valence-corrected chi connectivity index (χ1v) is 9.91. The number of carbonyl (C=O) groups excluding carboxylic acids is 1. The van der Waals surface area contributed by atoms with Crippen LogP contribution in [0.25, 0.3) is 17.0 Å². The molecule has 5 nitrogen and oxygen atoms in total. The van der Waals surface area contributed by atoms with Gasteiger partial charge in [-0.15, -0.1) is 0 Å². The summed E-state index contributed by atoms with van der Waals surface area (Å²) in [6, 6.07) is 18.2. The number of fused-ring (bicyclic) bond motifs is 1. The maximum absolute atomic E-state index is 12.1. The Balaban J connectivity index is 1.46. The third kappa shape index (κ3) is 5.96. The standard InChI is InChI=1S/C24H29N3O2/c1-19-18-21-6-4-5-7-23(21)27(19)15-14-25-24(28)13-10-20-8-11-22(12-9-20)29-17-16-26(2)3/h4-13,18H,14-17H2,1-3H3,(H,25,28)/b13-10+. The number of para-hydroxylation sites is 1. The van der Waals surface area contributed by atoms with Gasteiger partial charge in [-0.05, 0) is 62.3 Å². The number of hydrogen-bond donors (Lipinski definition) is 1. The van der Waals surface area contributed by atoms with Crippen LogP contribution in [0.4, 0.5) is 0 Å². The molecule has 0 radical (unpaired) electrons. The molecule has 0 saturated carbocycles. The Bertz CT molecular complexity index is 971. The lowest BCUT2D eigenvalue weighted by Gasteiger charge is -2.10. The first-order valence-electron chi connectivity index (χ1n) is 9.91. The summed E-state index contributed by atoms with van der Waals surface area (Å²) in [7, 11) is 4.04. The molecule has 0 atom stereocenters. The zero-order valence-electron chi connectivity index (χ0n) is 17.4. The average Bonchev–Trinajstić information content (AvgIpc) is 3.02. The van der Waals surface area contributed by atoms with Crippen molar-refractivity contribution in [3.63, 3.8) is 0 Å². The van der Waals surface area contributed by atoms with Gasteiger partial charge in [0.05, 0.1) is 0 Å². The van der Waals surface area contributed by atoms with Gasteiger partial charge in [0.15, 0.2) is 0 Å². The zero-order chi connectivity index (χ0) is 20.6. The van der Waals surface area contributed by atoms with Crippen LogP contribution in [-0.4, -0.2) is 49.2 Å². The molecule has 0 spiro atoms. The molecule has 1 amide bonds. The first kappa shape index (κ1) is 20.7. The number of aryl methyl sites for hydroxylation is 1. The molecule has 0 aliphatic carbocycles. The molecule has 1 heterocycles. The van der Waals surface area contributed by atoms with Crippen molar-refractivity contribution in [3.8, 4) is 5.75 Å². The zero-order valence-corrected chi connectivity index (χ0v) is 17.4. The maximum Gasteiger partial charge on any atom is 0.244 e. The van der Waals surface area contributed by atoms with Gasteiger partial charge in [0.1, 0.15) is 12.4 Å². The molecule has 0 bridgehead atoms. The van der Waals surface area contributed by atoms with E-state index < -0.39 is 0 Å². The molecule has 0 saturated heterocycles. The molecule has 3 rings (SSSR count). The Kier molecular flexibility index (Phi) is 7.09. The van der Waals surface area contributed by atoms with Crippen molar-refractivity contribution in [2.24, 2.45) is 0 Å². The average molecular weight is 392 g/mol. The van der Waals surface area contributed by atoms with Crippen molar-refractivity contribution in [2.75, 3.05) is 33.8 Å². The molecular weight excluding hydrogens is 362 g/mol. The van der Waals surface area contributed by atoms with Gasteiger partial charge in [-0.1, -0.05) is 30.3 Å². The quantitative estimate of drug-likeness (QED) is 0.566. The summed E-state index contributed by atoms with van der Waals surface area (Å²) in [5.74, 6) is 0.744. The van der Waals surface area contributed by atoms with Crippen molar-refractivity contribution >= 4 is 22.9 Å². The number of carbonyl (C=O) groups is 1. The number of aromatic nitrogens is 1. The fraction of sp³-hybridized carbons (Fsp3) is 0.292. The van der Waals surface area contributed by atoms with E-state index in [1.165, 1.54) is 16.6 Å². The summed E-state index contributed by atoms with van der Waals surface area (Å²) in [6.45, 7) is 4.95. The molecule has 0 aliphatic heterocycles. The number of ether oxygens (including phenoxy) is 1. The highest BCUT2D eigenvalue weighted by Crippen LogP contribution is 2.18. The topological polar surface area (TPSA) is 46.5 Å². The first-order chi connectivity index (χ1) is 14.0. The molecule has 152 valence electrons. The predicted molar refractivity (Wildman–Crippen MR) is 119 cm³/mol. The van der Waals surface area contributed by atoms with E-state index in [9.17, 15) is 4.79 Å². The van der Waals surface area contributed by atoms with Crippen LogP contribution in [0, 0.1) is 6.92 Å². The summed E-state index contributed by atoms with van der Waals surface area (Å²) in [4.78, 5) is 14.2. The molecular formula is C24H29N3O2. The summed E-state index contributed by atoms with van der Waals surface area (Å²) in [5.41, 5.74) is 3.36. The van der Waals surface area contributed by atoms with Crippen LogP contribution in [0.15, 0.2) is 60.7 Å². The van der Waals surface area contributed by atoms with E-state index >= 15 is 0 Å². The molecule has 29 heavy (non-hydrogen) atoms. The van der Waals surface area contributed by atoms with Crippen LogP contribution >= 0.6 is 0 Å². The van der Waals surface area contributed by atoms with E-state index in [1.54, 1.807) is 6.08 Å². The molecule has 0 fully saturated rings. The summed E-state index contributed by atoms with van der Waals surface area (Å²) in [6.07, 6.45) is 3.39. The third-order valence-electron chi connectivity index (χ3n) is 4.77. The van der Waals surface area contributed by atoms with Crippen molar-refractivity contribution < 1.29 is 9.53 Å². The van der Waals surface area contributed by atoms with Crippen LogP contribution in [-0.2, 0) is 11.3 Å². The van der Waals surface area contributed by atoms with Gasteiger partial charge < -0.3 is 19.5 Å². The number of amides is 1. The fourth-order valence-corrected chi connectivity index (χ4v) is 3.19. The Morgan fingerprint density at radius 2 is 1.90 bits per heavy atom. The number of rotatable bonds is 9. The minimum atomic E-state index is -0.0922. The molecule has 2 aromatic carbocycles. The van der Waals surface area contributed by atoms with Crippen LogP contribution < -0.4 is 10.1 Å². The third-order valence-corrected chi connectivity index (χ3v) is 4.77. The van der Waals surface area contributed by atoms with Gasteiger partial charge in [-0.3, -0.25) is 4.79 Å². The van der Waals surface area contributed by atoms with Gasteiger partial charge in [0.2, 0.25) is 5.91 Å². The fourth-order valence-electron chi connectivity index (χ4n) is 3.19. The maximum atomic E-state index is 12.1. The largest absolute Gasteiger partial charge is 0.492 e. The molecule has 0 aliphatic rings. The van der Waals surface area contributed by atoms with Gasteiger partial charge in [-0.2, -0.15) is 0 Å². The lowest BCUT2D eigenvalue weighted by atomic mass is 10.2. The molecule has 1 aromatic heterocycles. The van der Waals surface area contributed by atoms with E-state index in [0.29, 0.717) is 13.2 Å². The summed E-state index contributed by atoms with van der Waals surface area (Å²) < 4.78 is 7.91. The van der Waals surface area contributed by atoms with Crippen molar-refractivity contribution in [1.29, 1.82) is 0 Å². The van der Waals surface area contributed by atoms with Crippen molar-refractivity contribution in [3.05, 3.63) is 71.9 Å². The normalized spacial score (nSPS) is 11.4. The van der Waals surface area contributed by atoms with E-state index in [1.807, 2.05) is 56.6 Å². The second-order valence-electron chi connectivity index (χ2n) is 7.34. The Hall–Kier alpha value is -3.05. The summed E-state index contributed by atoms with van der Waals surface area (Å²) in [5, 5.41) is 4.18. The predicted octanol–water partition coefficient (Wildman–Crippen LogP) is 3.72. The van der Waals surface area contributed by atoms with E-state index in [-0.39, 0.29) is 5.91 Å². The van der Waals surface area contributed by atoms with Gasteiger partial charge in [-0.25, -0.2) is 0 Å². The number of likely N-dealkylation sites (N-methyl/N-ethyl adjacent to an activating group) is 1. The molecule has 0 unspecified atom stereocenters. The van der Waals surface area contributed by atoms with Crippen LogP contribution in [0.1, 0.15) is 11.3 Å². The van der Waals surface area contributed by atoms with Crippen LogP contribution in [0.3, 0.4) is 0 Å². The van der Waals surface area contributed by atoms with Crippen molar-refractivity contribution in [1.82, 2.24) is 14.8 Å². The number of hydrogen-bond acceptors (Lipinski definition) is 3. The van der Waals surface area contributed by atoms with Gasteiger partial charge in [0.25, 0.3) is 0 Å². The smallest absolute Gasteiger partial charge is 0.244 e. The summed E-state index contributed by atoms with van der Waals surface area (Å²) >= 11 is 0. The van der Waals surface area contributed by atoms with Crippen LogP contribution in [0.5, 0.6) is 5.75 Å². The highest BCUT2D eigenvalue weighted by Gasteiger charge is 2.05. The number of nitrogens with zero attached hydrogens (tertiary/aromatic N) is 2. The second-order valence-corrected chi connectivity index (χ2v) is 7.34. The molecule has 5 heteroatoms. The number of nitrogens with one attached hydrogen (secondary N) is 1. The van der Waals surface area contributed by atoms with Gasteiger partial charge >= 0.3 is 0 Å². The Morgan fingerprint density at radius 1 is 1.14 bits per heavy atom. The molecule has 3 aromatic rings. The minimum absolute atomic E-state index is 0.0922. The lowest BCUT2D eigenvalue weighted by molar-refractivity contribution is -0.116. The van der Waals surface area contributed by atoms with E-state index in [4.69, 9.17) is 4.74 Å². The highest BCUT2D eigenvalue weighted by atomic mass is 16.5. The number of benzene rings is 2. The van der Waals surface area contributed by atoms with Crippen molar-refractivity contribution in [2.45, 2.75) is 13.5 Å². The van der Waals surface area contributed by atoms with Gasteiger partial charge in [0, 0.05) is 36.9 Å². The molecule has 1 N–H and O–H groups in total. The van der Waals surface area contributed by atoms with E-state index in [2.05, 4.69) is 39.9 Å². The lowest BCUT2D eigenvalue weighted by Crippen LogP contribution is -2.25. The second kappa shape index (κ2) is 9.94. The minimum Gasteiger partial charge on any atom is -0.492 e.